The predicted molar refractivity (Wildman–Crippen MR) is 86.8 cm³/mol. The number of aromatic nitrogens is 2. The molecule has 0 aromatic carbocycles. The highest BCUT2D eigenvalue weighted by Gasteiger charge is 2.54. The largest absolute Gasteiger partial charge is 0.369 e. The number of nitrogens with two attached hydrogens (primary N) is 1. The number of aromatic amines is 1. The minimum atomic E-state index is -0.526. The van der Waals surface area contributed by atoms with Gasteiger partial charge in [-0.1, -0.05) is 6.42 Å². The van der Waals surface area contributed by atoms with Crippen molar-refractivity contribution in [2.45, 2.75) is 19.3 Å². The first-order valence-electron chi connectivity index (χ1n) is 7.77. The Kier molecular flexibility index (Phi) is 3.26. The van der Waals surface area contributed by atoms with Crippen LogP contribution in [0.25, 0.3) is 11.3 Å². The van der Waals surface area contributed by atoms with E-state index in [4.69, 9.17) is 5.73 Å². The summed E-state index contributed by atoms with van der Waals surface area (Å²) in [4.78, 5) is 26.7. The molecular formula is C16H18N4O2S. The van der Waals surface area contributed by atoms with E-state index in [0.717, 1.165) is 30.5 Å². The van der Waals surface area contributed by atoms with E-state index < -0.39 is 5.41 Å². The molecule has 7 heteroatoms. The molecule has 2 aromatic rings. The molecule has 1 saturated heterocycles. The first kappa shape index (κ1) is 14.4. The number of hydrogen-bond donors (Lipinski definition) is 2. The molecule has 1 aliphatic heterocycles. The number of nitrogens with zero attached hydrogens (tertiary/aromatic N) is 2. The van der Waals surface area contributed by atoms with E-state index in [0.29, 0.717) is 18.7 Å². The minimum Gasteiger partial charge on any atom is -0.369 e. The lowest BCUT2D eigenvalue weighted by atomic mass is 9.80. The van der Waals surface area contributed by atoms with Crippen LogP contribution in [0.1, 0.15) is 29.6 Å². The highest BCUT2D eigenvalue weighted by molar-refractivity contribution is 7.08. The van der Waals surface area contributed by atoms with Crippen LogP contribution in [-0.4, -0.2) is 40.0 Å². The summed E-state index contributed by atoms with van der Waals surface area (Å²) in [5.74, 6) is -0.143. The molecule has 23 heavy (non-hydrogen) atoms. The Balaban J connectivity index is 1.62. The third kappa shape index (κ3) is 2.10. The van der Waals surface area contributed by atoms with E-state index in [-0.39, 0.29) is 17.7 Å². The van der Waals surface area contributed by atoms with Crippen LogP contribution >= 0.6 is 11.3 Å². The number of carbonyl (C=O) groups excluding carboxylic acids is 2. The first-order chi connectivity index (χ1) is 11.1. The zero-order valence-corrected chi connectivity index (χ0v) is 13.4. The van der Waals surface area contributed by atoms with Gasteiger partial charge in [0.05, 0.1) is 22.9 Å². The third-order valence-electron chi connectivity index (χ3n) is 5.33. The number of fused-ring (bicyclic) bond motifs is 1. The van der Waals surface area contributed by atoms with Crippen LogP contribution in [-0.2, 0) is 4.79 Å². The fourth-order valence-electron chi connectivity index (χ4n) is 4.09. The lowest BCUT2D eigenvalue weighted by Crippen LogP contribution is -2.41. The Hall–Kier alpha value is -2.15. The van der Waals surface area contributed by atoms with E-state index in [2.05, 4.69) is 10.2 Å². The van der Waals surface area contributed by atoms with Gasteiger partial charge >= 0.3 is 0 Å². The number of H-pyrrole nitrogens is 1. The molecule has 6 nitrogen and oxygen atoms in total. The second-order valence-electron chi connectivity index (χ2n) is 6.47. The molecule has 2 fully saturated rings. The van der Waals surface area contributed by atoms with Crippen LogP contribution in [0.4, 0.5) is 0 Å². The van der Waals surface area contributed by atoms with Crippen LogP contribution in [0.15, 0.2) is 23.0 Å². The van der Waals surface area contributed by atoms with Crippen LogP contribution in [0, 0.1) is 11.3 Å². The van der Waals surface area contributed by atoms with Gasteiger partial charge in [-0.05, 0) is 30.2 Å². The molecule has 4 rings (SSSR count). The number of amides is 2. The highest BCUT2D eigenvalue weighted by atomic mass is 32.1. The summed E-state index contributed by atoms with van der Waals surface area (Å²) in [6.45, 7) is 1.04. The van der Waals surface area contributed by atoms with Crippen molar-refractivity contribution in [1.29, 1.82) is 0 Å². The standard InChI is InChI=1S/C16H18N4O2S/c17-15(22)16-4-1-2-11(16)7-20(9-16)14(21)12-6-18-19-13(12)10-3-5-23-8-10/h3,5-6,8,11H,1-2,4,7,9H2,(H2,17,22)(H,18,19)/t11-,16-/m0/s1. The van der Waals surface area contributed by atoms with Crippen molar-refractivity contribution in [2.75, 3.05) is 13.1 Å². The lowest BCUT2D eigenvalue weighted by molar-refractivity contribution is -0.128. The molecule has 0 bridgehead atoms. The molecule has 3 N–H and O–H groups in total. The fraction of sp³-hybridized carbons (Fsp3) is 0.438. The number of likely N-dealkylation sites (tertiary alicyclic amines) is 1. The summed E-state index contributed by atoms with van der Waals surface area (Å²) in [7, 11) is 0. The minimum absolute atomic E-state index is 0.0741. The number of primary amides is 1. The molecule has 3 heterocycles. The van der Waals surface area contributed by atoms with Crippen molar-refractivity contribution >= 4 is 23.2 Å². The Morgan fingerprint density at radius 2 is 2.35 bits per heavy atom. The van der Waals surface area contributed by atoms with Crippen molar-refractivity contribution < 1.29 is 9.59 Å². The Bertz CT molecular complexity index is 754. The maximum atomic E-state index is 12.9. The van der Waals surface area contributed by atoms with Gasteiger partial charge in [-0.3, -0.25) is 14.7 Å². The highest BCUT2D eigenvalue weighted by Crippen LogP contribution is 2.48. The number of thiophene rings is 1. The quantitative estimate of drug-likeness (QED) is 0.900. The monoisotopic (exact) mass is 330 g/mol. The molecular weight excluding hydrogens is 312 g/mol. The maximum Gasteiger partial charge on any atom is 0.257 e. The van der Waals surface area contributed by atoms with E-state index in [1.807, 2.05) is 16.8 Å². The Labute approximate surface area is 137 Å². The van der Waals surface area contributed by atoms with Crippen molar-refractivity contribution in [1.82, 2.24) is 15.1 Å². The fourth-order valence-corrected chi connectivity index (χ4v) is 4.74. The molecule has 2 aliphatic rings. The molecule has 1 aliphatic carbocycles. The Morgan fingerprint density at radius 3 is 3.04 bits per heavy atom. The topological polar surface area (TPSA) is 92.1 Å². The van der Waals surface area contributed by atoms with Gasteiger partial charge in [0.15, 0.2) is 0 Å². The van der Waals surface area contributed by atoms with Crippen molar-refractivity contribution in [3.63, 3.8) is 0 Å². The van der Waals surface area contributed by atoms with E-state index in [1.165, 1.54) is 0 Å². The summed E-state index contributed by atoms with van der Waals surface area (Å²) in [6, 6.07) is 1.96. The van der Waals surface area contributed by atoms with Gasteiger partial charge in [-0.2, -0.15) is 16.4 Å². The van der Waals surface area contributed by atoms with E-state index >= 15 is 0 Å². The van der Waals surface area contributed by atoms with Gasteiger partial charge in [-0.15, -0.1) is 0 Å². The number of nitrogens with one attached hydrogen (secondary N) is 1. The van der Waals surface area contributed by atoms with E-state index in [1.54, 1.807) is 22.4 Å². The lowest BCUT2D eigenvalue weighted by Gasteiger charge is -2.24. The van der Waals surface area contributed by atoms with Gasteiger partial charge in [0.2, 0.25) is 5.91 Å². The van der Waals surface area contributed by atoms with Gasteiger partial charge < -0.3 is 10.6 Å². The van der Waals surface area contributed by atoms with Crippen molar-refractivity contribution in [2.24, 2.45) is 17.1 Å². The molecule has 0 unspecified atom stereocenters. The molecule has 2 amide bonds. The first-order valence-corrected chi connectivity index (χ1v) is 8.71. The molecule has 2 atom stereocenters. The predicted octanol–water partition coefficient (Wildman–Crippen LogP) is 1.87. The van der Waals surface area contributed by atoms with Crippen LogP contribution in [0.2, 0.25) is 0 Å². The van der Waals surface area contributed by atoms with Gasteiger partial charge in [0.25, 0.3) is 5.91 Å². The molecule has 0 spiro atoms. The second-order valence-corrected chi connectivity index (χ2v) is 7.25. The molecule has 1 saturated carbocycles. The summed E-state index contributed by atoms with van der Waals surface area (Å²) < 4.78 is 0. The maximum absolute atomic E-state index is 12.9. The average Bonchev–Trinajstić information content (AvgIpc) is 3.27. The summed E-state index contributed by atoms with van der Waals surface area (Å²) in [6.07, 6.45) is 4.34. The smallest absolute Gasteiger partial charge is 0.257 e. The average molecular weight is 330 g/mol. The van der Waals surface area contributed by atoms with Crippen molar-refractivity contribution in [3.05, 3.63) is 28.6 Å². The summed E-state index contributed by atoms with van der Waals surface area (Å²) >= 11 is 1.57. The molecule has 0 radical (unpaired) electrons. The normalized spacial score (nSPS) is 26.4. The Morgan fingerprint density at radius 1 is 1.48 bits per heavy atom. The van der Waals surface area contributed by atoms with Crippen LogP contribution < -0.4 is 5.73 Å². The zero-order valence-electron chi connectivity index (χ0n) is 12.6. The van der Waals surface area contributed by atoms with Gasteiger partial charge in [0, 0.05) is 24.0 Å². The molecule has 120 valence electrons. The third-order valence-corrected chi connectivity index (χ3v) is 6.01. The van der Waals surface area contributed by atoms with E-state index in [9.17, 15) is 9.59 Å². The van der Waals surface area contributed by atoms with Crippen molar-refractivity contribution in [3.8, 4) is 11.3 Å². The zero-order chi connectivity index (χ0) is 16.0. The SMILES string of the molecule is NC(=O)[C@]12CCC[C@H]1CN(C(=O)c1cn[nH]c1-c1ccsc1)C2. The van der Waals surface area contributed by atoms with Crippen LogP contribution in [0.5, 0.6) is 0 Å². The van der Waals surface area contributed by atoms with Gasteiger partial charge in [-0.25, -0.2) is 0 Å². The summed E-state index contributed by atoms with van der Waals surface area (Å²) in [5, 5.41) is 10.9. The second kappa shape index (κ2) is 5.19. The summed E-state index contributed by atoms with van der Waals surface area (Å²) in [5.41, 5.74) is 7.40. The molecule has 2 aromatic heterocycles. The number of hydrogen-bond acceptors (Lipinski definition) is 4. The van der Waals surface area contributed by atoms with Gasteiger partial charge in [0.1, 0.15) is 0 Å². The van der Waals surface area contributed by atoms with Crippen LogP contribution in [0.3, 0.4) is 0 Å². The number of rotatable bonds is 3. The number of carbonyl (C=O) groups is 2.